The lowest BCUT2D eigenvalue weighted by molar-refractivity contribution is -0.123. The van der Waals surface area contributed by atoms with E-state index in [0.717, 1.165) is 6.42 Å². The molecule has 0 aromatic heterocycles. The quantitative estimate of drug-likeness (QED) is 0.329. The Bertz CT molecular complexity index is 1110. The summed E-state index contributed by atoms with van der Waals surface area (Å²) in [6.45, 7) is 0. The van der Waals surface area contributed by atoms with Crippen molar-refractivity contribution in [1.82, 2.24) is 0 Å². The number of amides is 2. The Labute approximate surface area is 178 Å². The summed E-state index contributed by atoms with van der Waals surface area (Å²) in [5, 5.41) is 0. The Kier molecular flexibility index (Phi) is 4.46. The van der Waals surface area contributed by atoms with Crippen LogP contribution in [0.3, 0.4) is 0 Å². The number of nitrogens with zero attached hydrogens (tertiary/aromatic N) is 1. The molecule has 31 heavy (non-hydrogen) atoms. The second-order valence-corrected chi connectivity index (χ2v) is 7.97. The topological polar surface area (TPSA) is 90.0 Å². The van der Waals surface area contributed by atoms with E-state index in [-0.39, 0.29) is 46.8 Å². The maximum Gasteiger partial charge on any atom is 0.343 e. The molecule has 2 fully saturated rings. The minimum absolute atomic E-state index is 0.123. The van der Waals surface area contributed by atoms with Crippen LogP contribution in [0, 0.1) is 23.7 Å². The maximum absolute atomic E-state index is 13.0. The van der Waals surface area contributed by atoms with Crippen LogP contribution in [0.2, 0.25) is 0 Å². The molecule has 1 aliphatic heterocycles. The van der Waals surface area contributed by atoms with E-state index in [1.54, 1.807) is 18.2 Å². The molecule has 1 saturated heterocycles. The fraction of sp³-hybridized carbons (Fsp3) is 0.250. The zero-order valence-corrected chi connectivity index (χ0v) is 16.7. The van der Waals surface area contributed by atoms with Crippen molar-refractivity contribution in [2.45, 2.75) is 6.42 Å². The average molecular weight is 417 g/mol. The molecule has 7 nitrogen and oxygen atoms in total. The maximum atomic E-state index is 13.0. The molecular weight excluding hydrogens is 398 g/mol. The molecule has 2 aromatic carbocycles. The molecule has 156 valence electrons. The SMILES string of the molecule is COC(=O)c1ccc(OC(=O)c2cccc(N3C(=O)[C@@H]4[C@@H](C3=O)[C@H]3C=C[C@H]4C3)c2)cc1. The van der Waals surface area contributed by atoms with Crippen molar-refractivity contribution in [3.05, 3.63) is 71.8 Å². The van der Waals surface area contributed by atoms with E-state index in [2.05, 4.69) is 4.74 Å². The van der Waals surface area contributed by atoms with Crippen LogP contribution >= 0.6 is 0 Å². The summed E-state index contributed by atoms with van der Waals surface area (Å²) < 4.78 is 10.0. The van der Waals surface area contributed by atoms with Crippen LogP contribution < -0.4 is 9.64 Å². The monoisotopic (exact) mass is 417 g/mol. The van der Waals surface area contributed by atoms with Gasteiger partial charge in [-0.15, -0.1) is 0 Å². The summed E-state index contributed by atoms with van der Waals surface area (Å²) in [5.74, 6) is -1.61. The van der Waals surface area contributed by atoms with Gasteiger partial charge >= 0.3 is 11.9 Å². The molecule has 0 spiro atoms. The molecule has 0 unspecified atom stereocenters. The second-order valence-electron chi connectivity index (χ2n) is 7.97. The highest BCUT2D eigenvalue weighted by molar-refractivity contribution is 6.23. The first-order valence-corrected chi connectivity index (χ1v) is 10.0. The Morgan fingerprint density at radius 2 is 1.52 bits per heavy atom. The summed E-state index contributed by atoms with van der Waals surface area (Å²) in [6.07, 6.45) is 4.95. The van der Waals surface area contributed by atoms with Crippen molar-refractivity contribution in [1.29, 1.82) is 0 Å². The predicted molar refractivity (Wildman–Crippen MR) is 109 cm³/mol. The zero-order valence-electron chi connectivity index (χ0n) is 16.7. The van der Waals surface area contributed by atoms with Crippen LogP contribution in [-0.2, 0) is 14.3 Å². The zero-order chi connectivity index (χ0) is 21.7. The van der Waals surface area contributed by atoms with Gasteiger partial charge in [-0.1, -0.05) is 18.2 Å². The highest BCUT2D eigenvalue weighted by Gasteiger charge is 2.59. The number of rotatable bonds is 4. The standard InChI is InChI=1S/C24H19NO6/c1-30-23(28)13-7-9-18(10-8-13)31-24(29)16-3-2-4-17(12-16)25-21(26)19-14-5-6-15(11-14)20(19)22(25)27/h2-10,12,14-15,19-20H,11H2,1H3/t14-,15-,19-,20-/m0/s1. The number of imide groups is 1. The number of benzene rings is 2. The molecule has 2 bridgehead atoms. The van der Waals surface area contributed by atoms with E-state index in [4.69, 9.17) is 4.74 Å². The number of methoxy groups -OCH3 is 1. The lowest BCUT2D eigenvalue weighted by Crippen LogP contribution is -2.33. The minimum atomic E-state index is -0.631. The van der Waals surface area contributed by atoms with Crippen molar-refractivity contribution >= 4 is 29.4 Å². The van der Waals surface area contributed by atoms with E-state index in [1.807, 2.05) is 12.2 Å². The third-order valence-corrected chi connectivity index (χ3v) is 6.30. The van der Waals surface area contributed by atoms with Gasteiger partial charge in [0.1, 0.15) is 5.75 Å². The molecule has 0 N–H and O–H groups in total. The number of hydrogen-bond acceptors (Lipinski definition) is 6. The number of carbonyl (C=O) groups excluding carboxylic acids is 4. The van der Waals surface area contributed by atoms with Gasteiger partial charge in [0.25, 0.3) is 0 Å². The van der Waals surface area contributed by atoms with Crippen LogP contribution in [0.25, 0.3) is 0 Å². The van der Waals surface area contributed by atoms with Crippen LogP contribution in [0.5, 0.6) is 5.75 Å². The fourth-order valence-corrected chi connectivity index (χ4v) is 4.87. The molecule has 2 aromatic rings. The van der Waals surface area contributed by atoms with Crippen molar-refractivity contribution in [2.75, 3.05) is 12.0 Å². The molecule has 1 saturated carbocycles. The van der Waals surface area contributed by atoms with E-state index in [0.29, 0.717) is 11.3 Å². The van der Waals surface area contributed by atoms with Crippen LogP contribution in [0.15, 0.2) is 60.7 Å². The number of fused-ring (bicyclic) bond motifs is 5. The van der Waals surface area contributed by atoms with Gasteiger partial charge in [-0.3, -0.25) is 9.59 Å². The van der Waals surface area contributed by atoms with Crippen LogP contribution in [-0.4, -0.2) is 30.9 Å². The van der Waals surface area contributed by atoms with E-state index >= 15 is 0 Å². The lowest BCUT2D eigenvalue weighted by Gasteiger charge is -2.18. The first kappa shape index (κ1) is 19.2. The van der Waals surface area contributed by atoms with Crippen LogP contribution in [0.1, 0.15) is 27.1 Å². The third kappa shape index (κ3) is 3.04. The van der Waals surface area contributed by atoms with Gasteiger partial charge in [-0.2, -0.15) is 0 Å². The van der Waals surface area contributed by atoms with Gasteiger partial charge < -0.3 is 9.47 Å². The molecule has 2 amide bonds. The predicted octanol–water partition coefficient (Wildman–Crippen LogP) is 3.00. The molecule has 2 aliphatic carbocycles. The largest absolute Gasteiger partial charge is 0.465 e. The molecule has 5 rings (SSSR count). The summed E-state index contributed by atoms with van der Waals surface area (Å²) in [7, 11) is 1.29. The Morgan fingerprint density at radius 1 is 0.871 bits per heavy atom. The number of carbonyl (C=O) groups is 4. The van der Waals surface area contributed by atoms with Gasteiger partial charge in [0.05, 0.1) is 35.8 Å². The molecular formula is C24H19NO6. The Balaban J connectivity index is 1.35. The first-order chi connectivity index (χ1) is 15.0. The van der Waals surface area contributed by atoms with Gasteiger partial charge in [0.2, 0.25) is 11.8 Å². The molecule has 0 radical (unpaired) electrons. The van der Waals surface area contributed by atoms with Crippen molar-refractivity contribution < 1.29 is 28.7 Å². The van der Waals surface area contributed by atoms with Gasteiger partial charge in [0, 0.05) is 0 Å². The number of anilines is 1. The summed E-state index contributed by atoms with van der Waals surface area (Å²) in [6, 6.07) is 12.3. The normalized spacial score (nSPS) is 25.6. The Hall–Kier alpha value is -3.74. The van der Waals surface area contributed by atoms with E-state index in [9.17, 15) is 19.2 Å². The smallest absolute Gasteiger partial charge is 0.343 e. The molecule has 3 aliphatic rings. The van der Waals surface area contributed by atoms with Gasteiger partial charge in [0.15, 0.2) is 0 Å². The van der Waals surface area contributed by atoms with Crippen molar-refractivity contribution in [2.24, 2.45) is 23.7 Å². The van der Waals surface area contributed by atoms with E-state index < -0.39 is 11.9 Å². The summed E-state index contributed by atoms with van der Waals surface area (Å²) in [5.41, 5.74) is 0.928. The number of allylic oxidation sites excluding steroid dienone is 2. The van der Waals surface area contributed by atoms with E-state index in [1.165, 1.54) is 42.3 Å². The number of hydrogen-bond donors (Lipinski definition) is 0. The average Bonchev–Trinajstić information content (AvgIpc) is 3.47. The fourth-order valence-electron chi connectivity index (χ4n) is 4.87. The first-order valence-electron chi connectivity index (χ1n) is 10.0. The molecule has 7 heteroatoms. The van der Waals surface area contributed by atoms with Crippen LogP contribution in [0.4, 0.5) is 5.69 Å². The minimum Gasteiger partial charge on any atom is -0.465 e. The lowest BCUT2D eigenvalue weighted by atomic mass is 9.85. The molecule has 4 atom stereocenters. The summed E-state index contributed by atoms with van der Waals surface area (Å²) >= 11 is 0. The van der Waals surface area contributed by atoms with Crippen molar-refractivity contribution in [3.63, 3.8) is 0 Å². The van der Waals surface area contributed by atoms with Crippen molar-refractivity contribution in [3.8, 4) is 5.75 Å². The third-order valence-electron chi connectivity index (χ3n) is 6.30. The number of ether oxygens (including phenoxy) is 2. The highest BCUT2D eigenvalue weighted by atomic mass is 16.5. The van der Waals surface area contributed by atoms with Gasteiger partial charge in [-0.05, 0) is 60.7 Å². The van der Waals surface area contributed by atoms with Gasteiger partial charge in [-0.25, -0.2) is 14.5 Å². The molecule has 1 heterocycles. The number of esters is 2. The second kappa shape index (κ2) is 7.19. The Morgan fingerprint density at radius 3 is 2.13 bits per heavy atom. The highest BCUT2D eigenvalue weighted by Crippen LogP contribution is 2.53. The summed E-state index contributed by atoms with van der Waals surface area (Å²) in [4.78, 5) is 51.3.